The Hall–Kier alpha value is -4.58. The first-order valence-electron chi connectivity index (χ1n) is 11.0. The Morgan fingerprint density at radius 2 is 1.63 bits per heavy atom. The zero-order valence-electron chi connectivity index (χ0n) is 18.8. The SMILES string of the molecule is NNC(=O)c1cc(-c2ccc(C#Cc3ccc(C(=O)NCCCO)cc3)cc2)nc2ccncc12. The number of hydrazine groups is 1. The lowest BCUT2D eigenvalue weighted by atomic mass is 10.0. The van der Waals surface area contributed by atoms with Crippen molar-refractivity contribution in [3.05, 3.63) is 95.3 Å². The van der Waals surface area contributed by atoms with Crippen LogP contribution in [0.4, 0.5) is 0 Å². The molecular weight excluding hydrogens is 442 g/mol. The fraction of sp³-hybridized carbons (Fsp3) is 0.111. The van der Waals surface area contributed by atoms with Crippen LogP contribution in [-0.2, 0) is 0 Å². The van der Waals surface area contributed by atoms with E-state index in [4.69, 9.17) is 10.9 Å². The van der Waals surface area contributed by atoms with Crippen LogP contribution >= 0.6 is 0 Å². The number of carbonyl (C=O) groups is 2. The van der Waals surface area contributed by atoms with Crippen molar-refractivity contribution in [2.75, 3.05) is 13.2 Å². The van der Waals surface area contributed by atoms with E-state index in [0.717, 1.165) is 16.7 Å². The fourth-order valence-electron chi connectivity index (χ4n) is 3.44. The molecule has 2 amide bonds. The van der Waals surface area contributed by atoms with Crippen LogP contribution in [0.15, 0.2) is 73.1 Å². The molecule has 0 atom stereocenters. The average molecular weight is 466 g/mol. The minimum atomic E-state index is -0.414. The number of amides is 2. The lowest BCUT2D eigenvalue weighted by Gasteiger charge is -2.08. The molecule has 0 aliphatic carbocycles. The molecule has 35 heavy (non-hydrogen) atoms. The highest BCUT2D eigenvalue weighted by Crippen LogP contribution is 2.24. The summed E-state index contributed by atoms with van der Waals surface area (Å²) in [6.07, 6.45) is 3.73. The van der Waals surface area contributed by atoms with Gasteiger partial charge in [0.25, 0.3) is 11.8 Å². The predicted octanol–water partition coefficient (Wildman–Crippen LogP) is 2.41. The van der Waals surface area contributed by atoms with Crippen LogP contribution in [0.1, 0.15) is 38.3 Å². The molecule has 4 rings (SSSR count). The van der Waals surface area contributed by atoms with Crippen molar-refractivity contribution in [2.24, 2.45) is 5.84 Å². The van der Waals surface area contributed by atoms with E-state index in [1.165, 1.54) is 0 Å². The molecular formula is C27H23N5O3. The number of hydrogen-bond acceptors (Lipinski definition) is 6. The van der Waals surface area contributed by atoms with Crippen LogP contribution in [0, 0.1) is 11.8 Å². The third-order valence-corrected chi connectivity index (χ3v) is 5.29. The number of rotatable bonds is 6. The number of nitrogens with two attached hydrogens (primary N) is 1. The van der Waals surface area contributed by atoms with Gasteiger partial charge in [-0.05, 0) is 55.0 Å². The van der Waals surface area contributed by atoms with Gasteiger partial charge < -0.3 is 10.4 Å². The number of aliphatic hydroxyl groups excluding tert-OH is 1. The standard InChI is InChI=1S/C27H23N5O3/c28-32-27(35)22-16-25(31-24-12-14-29-17-23(22)24)20-8-4-18(5-9-20)2-3-19-6-10-21(11-7-19)26(34)30-13-1-15-33/h4-12,14,16-17,33H,1,13,15,28H2,(H,30,34)(H,32,35). The highest BCUT2D eigenvalue weighted by atomic mass is 16.3. The van der Waals surface area contributed by atoms with Gasteiger partial charge in [-0.3, -0.25) is 20.0 Å². The van der Waals surface area contributed by atoms with E-state index in [-0.39, 0.29) is 12.5 Å². The highest BCUT2D eigenvalue weighted by molar-refractivity contribution is 6.06. The summed E-state index contributed by atoms with van der Waals surface area (Å²) in [6.45, 7) is 0.471. The van der Waals surface area contributed by atoms with E-state index in [9.17, 15) is 9.59 Å². The summed E-state index contributed by atoms with van der Waals surface area (Å²) in [6, 6.07) is 18.0. The van der Waals surface area contributed by atoms with E-state index in [1.807, 2.05) is 24.3 Å². The zero-order valence-corrected chi connectivity index (χ0v) is 18.8. The average Bonchev–Trinajstić information content (AvgIpc) is 2.91. The monoisotopic (exact) mass is 465 g/mol. The van der Waals surface area contributed by atoms with Crippen LogP contribution in [0.3, 0.4) is 0 Å². The number of aromatic nitrogens is 2. The zero-order chi connectivity index (χ0) is 24.6. The van der Waals surface area contributed by atoms with Gasteiger partial charge in [0.05, 0.1) is 16.8 Å². The van der Waals surface area contributed by atoms with Gasteiger partial charge in [-0.15, -0.1) is 0 Å². The molecule has 0 spiro atoms. The van der Waals surface area contributed by atoms with Gasteiger partial charge in [0.15, 0.2) is 0 Å². The number of hydrogen-bond donors (Lipinski definition) is 4. The molecule has 2 aromatic heterocycles. The Kier molecular flexibility index (Phi) is 7.43. The Balaban J connectivity index is 1.51. The van der Waals surface area contributed by atoms with E-state index in [1.54, 1.807) is 48.8 Å². The number of nitrogens with one attached hydrogen (secondary N) is 2. The summed E-state index contributed by atoms with van der Waals surface area (Å²) in [4.78, 5) is 33.0. The molecule has 4 aromatic rings. The smallest absolute Gasteiger partial charge is 0.265 e. The number of nitrogens with zero attached hydrogens (tertiary/aromatic N) is 2. The second kappa shape index (κ2) is 11.0. The summed E-state index contributed by atoms with van der Waals surface area (Å²) in [5.74, 6) is 11.0. The number of fused-ring (bicyclic) bond motifs is 1. The van der Waals surface area contributed by atoms with E-state index in [0.29, 0.717) is 40.7 Å². The van der Waals surface area contributed by atoms with Gasteiger partial charge in [-0.25, -0.2) is 10.8 Å². The molecule has 0 fully saturated rings. The van der Waals surface area contributed by atoms with Gasteiger partial charge in [0, 0.05) is 53.2 Å². The third kappa shape index (κ3) is 5.68. The van der Waals surface area contributed by atoms with Gasteiger partial charge >= 0.3 is 0 Å². The molecule has 0 radical (unpaired) electrons. The first kappa shape index (κ1) is 23.6. The lowest BCUT2D eigenvalue weighted by Crippen LogP contribution is -2.30. The number of benzene rings is 2. The number of nitrogen functional groups attached to an aromatic ring is 1. The summed E-state index contributed by atoms with van der Waals surface area (Å²) < 4.78 is 0. The van der Waals surface area contributed by atoms with Crippen molar-refractivity contribution < 1.29 is 14.7 Å². The van der Waals surface area contributed by atoms with Gasteiger partial charge in [-0.2, -0.15) is 0 Å². The summed E-state index contributed by atoms with van der Waals surface area (Å²) in [5.41, 5.74) is 6.81. The van der Waals surface area contributed by atoms with Gasteiger partial charge in [0.1, 0.15) is 0 Å². The quantitative estimate of drug-likeness (QED) is 0.114. The Bertz CT molecular complexity index is 1420. The summed E-state index contributed by atoms with van der Waals surface area (Å²) >= 11 is 0. The number of carbonyl (C=O) groups excluding carboxylic acids is 2. The molecule has 2 aromatic carbocycles. The van der Waals surface area contributed by atoms with E-state index >= 15 is 0 Å². The van der Waals surface area contributed by atoms with Crippen molar-refractivity contribution in [3.8, 4) is 23.1 Å². The molecule has 2 heterocycles. The summed E-state index contributed by atoms with van der Waals surface area (Å²) in [7, 11) is 0. The highest BCUT2D eigenvalue weighted by Gasteiger charge is 2.13. The molecule has 0 unspecified atom stereocenters. The van der Waals surface area contributed by atoms with Crippen LogP contribution < -0.4 is 16.6 Å². The first-order valence-corrected chi connectivity index (χ1v) is 11.0. The lowest BCUT2D eigenvalue weighted by molar-refractivity contribution is 0.0944. The van der Waals surface area contributed by atoms with E-state index in [2.05, 4.69) is 32.6 Å². The summed E-state index contributed by atoms with van der Waals surface area (Å²) in [5, 5.41) is 12.2. The molecule has 174 valence electrons. The third-order valence-electron chi connectivity index (χ3n) is 5.29. The fourth-order valence-corrected chi connectivity index (χ4v) is 3.44. The van der Waals surface area contributed by atoms with Crippen LogP contribution in [-0.4, -0.2) is 40.0 Å². The van der Waals surface area contributed by atoms with Crippen molar-refractivity contribution >= 4 is 22.7 Å². The predicted molar refractivity (Wildman–Crippen MR) is 133 cm³/mol. The van der Waals surface area contributed by atoms with Crippen molar-refractivity contribution in [1.29, 1.82) is 0 Å². The number of aliphatic hydroxyl groups is 1. The second-order valence-electron chi connectivity index (χ2n) is 7.66. The topological polar surface area (TPSA) is 130 Å². The van der Waals surface area contributed by atoms with Crippen LogP contribution in [0.25, 0.3) is 22.2 Å². The van der Waals surface area contributed by atoms with Gasteiger partial charge in [-0.1, -0.05) is 24.0 Å². The molecule has 0 saturated heterocycles. The molecule has 0 saturated carbocycles. The Morgan fingerprint density at radius 3 is 2.29 bits per heavy atom. The maximum absolute atomic E-state index is 12.3. The molecule has 8 heteroatoms. The maximum atomic E-state index is 12.3. The largest absolute Gasteiger partial charge is 0.396 e. The minimum absolute atomic E-state index is 0.0404. The molecule has 0 aliphatic rings. The molecule has 8 nitrogen and oxygen atoms in total. The minimum Gasteiger partial charge on any atom is -0.396 e. The number of pyridine rings is 2. The Morgan fingerprint density at radius 1 is 0.943 bits per heavy atom. The van der Waals surface area contributed by atoms with Crippen molar-refractivity contribution in [3.63, 3.8) is 0 Å². The Labute approximate surface area is 202 Å². The van der Waals surface area contributed by atoms with Crippen LogP contribution in [0.2, 0.25) is 0 Å². The second-order valence-corrected chi connectivity index (χ2v) is 7.66. The van der Waals surface area contributed by atoms with Crippen LogP contribution in [0.5, 0.6) is 0 Å². The molecule has 5 N–H and O–H groups in total. The maximum Gasteiger partial charge on any atom is 0.265 e. The first-order chi connectivity index (χ1) is 17.1. The van der Waals surface area contributed by atoms with E-state index < -0.39 is 5.91 Å². The molecule has 0 aliphatic heterocycles. The molecule has 0 bridgehead atoms. The van der Waals surface area contributed by atoms with Crippen molar-refractivity contribution in [1.82, 2.24) is 20.7 Å². The normalized spacial score (nSPS) is 10.3. The van der Waals surface area contributed by atoms with Crippen molar-refractivity contribution in [2.45, 2.75) is 6.42 Å². The van der Waals surface area contributed by atoms with Gasteiger partial charge in [0.2, 0.25) is 0 Å².